The molecule has 1 heterocycles. The van der Waals surface area contributed by atoms with Crippen molar-refractivity contribution < 1.29 is 4.79 Å². The second-order valence-electron chi connectivity index (χ2n) is 9.58. The first-order valence-corrected chi connectivity index (χ1v) is 11.6. The number of aryl methyl sites for hydroxylation is 1. The topological polar surface area (TPSA) is 35.6 Å². The lowest BCUT2D eigenvalue weighted by molar-refractivity contribution is 0.0790. The van der Waals surface area contributed by atoms with Gasteiger partial charge in [-0.1, -0.05) is 67.7 Å². The van der Waals surface area contributed by atoms with Crippen LogP contribution in [0, 0.1) is 12.3 Å². The largest absolute Gasteiger partial charge is 0.347 e. The third kappa shape index (κ3) is 6.95. The number of benzene rings is 2. The molecule has 1 fully saturated rings. The van der Waals surface area contributed by atoms with Gasteiger partial charge in [-0.2, -0.15) is 0 Å². The lowest BCUT2D eigenvalue weighted by Gasteiger charge is -2.40. The molecule has 4 nitrogen and oxygen atoms in total. The molecule has 31 heavy (non-hydrogen) atoms. The van der Waals surface area contributed by atoms with Gasteiger partial charge < -0.3 is 5.32 Å². The van der Waals surface area contributed by atoms with Crippen molar-refractivity contribution in [2.75, 3.05) is 32.7 Å². The molecule has 0 unspecified atom stereocenters. The Morgan fingerprint density at radius 3 is 2.16 bits per heavy atom. The molecule has 0 saturated carbocycles. The van der Waals surface area contributed by atoms with E-state index in [0.29, 0.717) is 15.6 Å². The Bertz CT molecular complexity index is 885. The number of amides is 1. The number of hydrogen-bond acceptors (Lipinski definition) is 3. The summed E-state index contributed by atoms with van der Waals surface area (Å²) in [5.74, 6) is -0.00169. The molecule has 0 bridgehead atoms. The van der Waals surface area contributed by atoms with Gasteiger partial charge in [0.05, 0.1) is 10.0 Å². The van der Waals surface area contributed by atoms with Crippen molar-refractivity contribution in [1.29, 1.82) is 0 Å². The van der Waals surface area contributed by atoms with Crippen LogP contribution in [0.4, 0.5) is 0 Å². The summed E-state index contributed by atoms with van der Waals surface area (Å²) in [7, 11) is 0. The zero-order chi connectivity index (χ0) is 22.6. The Morgan fingerprint density at radius 2 is 1.58 bits per heavy atom. The molecule has 1 N–H and O–H groups in total. The highest BCUT2D eigenvalue weighted by atomic mass is 35.5. The maximum Gasteiger partial charge on any atom is 0.251 e. The van der Waals surface area contributed by atoms with Crippen LogP contribution in [0.25, 0.3) is 0 Å². The van der Waals surface area contributed by atoms with E-state index in [-0.39, 0.29) is 17.4 Å². The van der Waals surface area contributed by atoms with Gasteiger partial charge in [0.1, 0.15) is 0 Å². The third-order valence-corrected chi connectivity index (χ3v) is 6.70. The standard InChI is InChI=1S/C25H33Cl2N3O/c1-18-5-8-20(9-6-18)24(31)28-23(25(2,3)4)17-30-13-11-29(12-14-30)16-19-7-10-21(26)22(27)15-19/h5-10,15,23H,11-14,16-17H2,1-4H3,(H,28,31)/t23-/m1/s1. The predicted molar refractivity (Wildman–Crippen MR) is 130 cm³/mol. The molecular weight excluding hydrogens is 429 g/mol. The van der Waals surface area contributed by atoms with Crippen molar-refractivity contribution in [3.05, 3.63) is 69.2 Å². The molecule has 6 heteroatoms. The zero-order valence-electron chi connectivity index (χ0n) is 18.9. The number of nitrogens with one attached hydrogen (secondary N) is 1. The summed E-state index contributed by atoms with van der Waals surface area (Å²) in [5, 5.41) is 4.48. The van der Waals surface area contributed by atoms with Crippen molar-refractivity contribution in [2.45, 2.75) is 40.3 Å². The van der Waals surface area contributed by atoms with E-state index in [1.165, 1.54) is 5.56 Å². The van der Waals surface area contributed by atoms with Crippen LogP contribution in [0.15, 0.2) is 42.5 Å². The number of piperazine rings is 1. The summed E-state index contributed by atoms with van der Waals surface area (Å²) in [6, 6.07) is 13.7. The van der Waals surface area contributed by atoms with Crippen LogP contribution in [0.2, 0.25) is 10.0 Å². The molecule has 1 amide bonds. The first-order valence-electron chi connectivity index (χ1n) is 10.9. The summed E-state index contributed by atoms with van der Waals surface area (Å²) < 4.78 is 0. The molecule has 0 aromatic heterocycles. The van der Waals surface area contributed by atoms with Gasteiger partial charge >= 0.3 is 0 Å². The van der Waals surface area contributed by atoms with Gasteiger partial charge in [-0.3, -0.25) is 14.6 Å². The van der Waals surface area contributed by atoms with Gasteiger partial charge in [0.15, 0.2) is 0 Å². The summed E-state index contributed by atoms with van der Waals surface area (Å²) in [6.45, 7) is 14.3. The molecular formula is C25H33Cl2N3O. The first-order chi connectivity index (χ1) is 14.6. The normalized spacial score (nSPS) is 16.8. The molecule has 2 aromatic rings. The van der Waals surface area contributed by atoms with E-state index in [1.807, 2.05) is 49.4 Å². The summed E-state index contributed by atoms with van der Waals surface area (Å²) in [5.41, 5.74) is 3.02. The highest BCUT2D eigenvalue weighted by molar-refractivity contribution is 6.42. The van der Waals surface area contributed by atoms with E-state index >= 15 is 0 Å². The van der Waals surface area contributed by atoms with Crippen molar-refractivity contribution >= 4 is 29.1 Å². The molecule has 0 aliphatic carbocycles. The Hall–Kier alpha value is -1.59. The average molecular weight is 462 g/mol. The molecule has 1 saturated heterocycles. The van der Waals surface area contributed by atoms with Crippen LogP contribution in [0.5, 0.6) is 0 Å². The SMILES string of the molecule is Cc1ccc(C(=O)N[C@H](CN2CCN(Cc3ccc(Cl)c(Cl)c3)CC2)C(C)(C)C)cc1. The Balaban J connectivity index is 1.54. The highest BCUT2D eigenvalue weighted by Crippen LogP contribution is 2.24. The van der Waals surface area contributed by atoms with Gasteiger partial charge in [-0.05, 0) is 42.2 Å². The van der Waals surface area contributed by atoms with E-state index in [1.54, 1.807) is 0 Å². The molecule has 1 aliphatic rings. The minimum Gasteiger partial charge on any atom is -0.347 e. The Kier molecular flexibility index (Phi) is 8.03. The summed E-state index contributed by atoms with van der Waals surface area (Å²) in [6.07, 6.45) is 0. The molecule has 1 aliphatic heterocycles. The van der Waals surface area contributed by atoms with Crippen molar-refractivity contribution in [2.24, 2.45) is 5.41 Å². The van der Waals surface area contributed by atoms with Crippen molar-refractivity contribution in [3.63, 3.8) is 0 Å². The second-order valence-corrected chi connectivity index (χ2v) is 10.4. The number of carbonyl (C=O) groups excluding carboxylic acids is 1. The van der Waals surface area contributed by atoms with E-state index in [2.05, 4.69) is 35.9 Å². The maximum absolute atomic E-state index is 12.8. The van der Waals surface area contributed by atoms with Gasteiger partial charge in [0.2, 0.25) is 0 Å². The summed E-state index contributed by atoms with van der Waals surface area (Å²) >= 11 is 12.2. The first kappa shape index (κ1) is 24.1. The van der Waals surface area contributed by atoms with E-state index in [4.69, 9.17) is 23.2 Å². The van der Waals surface area contributed by atoms with Crippen LogP contribution in [-0.2, 0) is 6.54 Å². The molecule has 1 atom stereocenters. The van der Waals surface area contributed by atoms with Crippen LogP contribution >= 0.6 is 23.2 Å². The number of halogens is 2. The smallest absolute Gasteiger partial charge is 0.251 e. The number of carbonyl (C=O) groups is 1. The van der Waals surface area contributed by atoms with Crippen LogP contribution in [0.3, 0.4) is 0 Å². The minimum atomic E-state index is -0.0302. The molecule has 168 valence electrons. The Labute approximate surface area is 196 Å². The lowest BCUT2D eigenvalue weighted by Crippen LogP contribution is -2.54. The van der Waals surface area contributed by atoms with Crippen molar-refractivity contribution in [3.8, 4) is 0 Å². The van der Waals surface area contributed by atoms with Gasteiger partial charge in [-0.25, -0.2) is 0 Å². The fraction of sp³-hybridized carbons (Fsp3) is 0.480. The monoisotopic (exact) mass is 461 g/mol. The Morgan fingerprint density at radius 1 is 0.968 bits per heavy atom. The predicted octanol–water partition coefficient (Wildman–Crippen LogP) is 5.26. The van der Waals surface area contributed by atoms with Crippen LogP contribution < -0.4 is 5.32 Å². The molecule has 2 aromatic carbocycles. The van der Waals surface area contributed by atoms with Gasteiger partial charge in [-0.15, -0.1) is 0 Å². The number of hydrogen-bond donors (Lipinski definition) is 1. The molecule has 0 radical (unpaired) electrons. The van der Waals surface area contributed by atoms with Crippen molar-refractivity contribution in [1.82, 2.24) is 15.1 Å². The van der Waals surface area contributed by atoms with E-state index in [0.717, 1.165) is 44.8 Å². The zero-order valence-corrected chi connectivity index (χ0v) is 20.4. The van der Waals surface area contributed by atoms with Gasteiger partial charge in [0.25, 0.3) is 5.91 Å². The summed E-state index contributed by atoms with van der Waals surface area (Å²) in [4.78, 5) is 17.7. The lowest BCUT2D eigenvalue weighted by atomic mass is 9.86. The maximum atomic E-state index is 12.8. The third-order valence-electron chi connectivity index (χ3n) is 5.96. The minimum absolute atomic E-state index is 0.00169. The number of nitrogens with zero attached hydrogens (tertiary/aromatic N) is 2. The van der Waals surface area contributed by atoms with Crippen LogP contribution in [0.1, 0.15) is 42.3 Å². The van der Waals surface area contributed by atoms with Crippen LogP contribution in [-0.4, -0.2) is 54.5 Å². The highest BCUT2D eigenvalue weighted by Gasteiger charge is 2.30. The average Bonchev–Trinajstić information content (AvgIpc) is 2.71. The molecule has 0 spiro atoms. The molecule has 3 rings (SSSR count). The fourth-order valence-electron chi connectivity index (χ4n) is 3.77. The second kappa shape index (κ2) is 10.4. The van der Waals surface area contributed by atoms with Gasteiger partial charge in [0, 0.05) is 50.9 Å². The number of rotatable bonds is 6. The van der Waals surface area contributed by atoms with E-state index < -0.39 is 0 Å². The van der Waals surface area contributed by atoms with E-state index in [9.17, 15) is 4.79 Å². The quantitative estimate of drug-likeness (QED) is 0.636. The fourth-order valence-corrected chi connectivity index (χ4v) is 4.09.